The molecule has 1 saturated carbocycles. The Morgan fingerprint density at radius 2 is 1.85 bits per heavy atom. The Morgan fingerprint density at radius 3 is 2.35 bits per heavy atom. The number of piperazine rings is 1. The highest BCUT2D eigenvalue weighted by Gasteiger charge is 2.33. The summed E-state index contributed by atoms with van der Waals surface area (Å²) < 4.78 is 0. The van der Waals surface area contributed by atoms with E-state index in [-0.39, 0.29) is 10.6 Å². The lowest BCUT2D eigenvalue weighted by Gasteiger charge is -2.43. The molecule has 1 N–H and O–H groups in total. The van der Waals surface area contributed by atoms with Crippen LogP contribution in [0.1, 0.15) is 30.9 Å². The van der Waals surface area contributed by atoms with E-state index >= 15 is 0 Å². The first kappa shape index (κ1) is 13.5. The zero-order chi connectivity index (χ0) is 13.9. The first-order valence-corrected chi connectivity index (χ1v) is 7.45. The number of nitro groups is 1. The predicted octanol–water partition coefficient (Wildman–Crippen LogP) is 2.34. The number of benzene rings is 1. The molecular formula is C15H21N3O2. The molecule has 1 aromatic carbocycles. The van der Waals surface area contributed by atoms with Crippen LogP contribution in [-0.4, -0.2) is 36.0 Å². The maximum Gasteiger partial charge on any atom is 0.269 e. The summed E-state index contributed by atoms with van der Waals surface area (Å²) in [4.78, 5) is 13.0. The van der Waals surface area contributed by atoms with Gasteiger partial charge in [-0.3, -0.25) is 15.0 Å². The normalized spacial score (nSPS) is 22.2. The van der Waals surface area contributed by atoms with Gasteiger partial charge in [0.25, 0.3) is 5.69 Å². The summed E-state index contributed by atoms with van der Waals surface area (Å²) in [6.07, 6.45) is 3.89. The van der Waals surface area contributed by atoms with E-state index in [1.807, 2.05) is 12.1 Å². The van der Waals surface area contributed by atoms with E-state index in [2.05, 4.69) is 10.2 Å². The first-order chi connectivity index (χ1) is 9.75. The molecule has 0 radical (unpaired) electrons. The minimum atomic E-state index is -0.326. The molecule has 1 atom stereocenters. The highest BCUT2D eigenvalue weighted by atomic mass is 16.6. The third-order valence-electron chi connectivity index (χ3n) is 4.59. The smallest absolute Gasteiger partial charge is 0.269 e. The molecule has 20 heavy (non-hydrogen) atoms. The van der Waals surface area contributed by atoms with Crippen LogP contribution in [0.2, 0.25) is 0 Å². The third kappa shape index (κ3) is 2.69. The summed E-state index contributed by atoms with van der Waals surface area (Å²) in [6, 6.07) is 7.62. The van der Waals surface area contributed by atoms with Crippen LogP contribution in [0.15, 0.2) is 24.3 Å². The van der Waals surface area contributed by atoms with Crippen molar-refractivity contribution in [3.63, 3.8) is 0 Å². The van der Waals surface area contributed by atoms with E-state index in [9.17, 15) is 10.1 Å². The Kier molecular flexibility index (Phi) is 3.98. The monoisotopic (exact) mass is 275 g/mol. The molecule has 1 aromatic rings. The zero-order valence-electron chi connectivity index (χ0n) is 11.6. The minimum absolute atomic E-state index is 0.182. The standard InChI is InChI=1S/C15H21N3O2/c19-18(20)14-6-4-13(5-7-14)15(12-2-1-3-12)17-10-8-16-9-11-17/h4-7,12,15-16H,1-3,8-11H2/t15-/m0/s1. The van der Waals surface area contributed by atoms with Crippen LogP contribution >= 0.6 is 0 Å². The summed E-state index contributed by atoms with van der Waals surface area (Å²) in [5.41, 5.74) is 1.42. The SMILES string of the molecule is O=[N+]([O-])c1ccc([C@H](C2CCC2)N2CCNCC2)cc1. The summed E-state index contributed by atoms with van der Waals surface area (Å²) in [5.74, 6) is 0.717. The van der Waals surface area contributed by atoms with Crippen molar-refractivity contribution in [1.82, 2.24) is 10.2 Å². The van der Waals surface area contributed by atoms with Crippen molar-refractivity contribution in [2.45, 2.75) is 25.3 Å². The molecule has 2 fully saturated rings. The second-order valence-electron chi connectivity index (χ2n) is 5.77. The molecule has 3 rings (SSSR count). The summed E-state index contributed by atoms with van der Waals surface area (Å²) in [7, 11) is 0. The first-order valence-electron chi connectivity index (χ1n) is 7.45. The van der Waals surface area contributed by atoms with Crippen molar-refractivity contribution in [2.24, 2.45) is 5.92 Å². The van der Waals surface area contributed by atoms with Gasteiger partial charge in [0.2, 0.25) is 0 Å². The van der Waals surface area contributed by atoms with E-state index in [1.54, 1.807) is 12.1 Å². The molecule has 1 saturated heterocycles. The van der Waals surface area contributed by atoms with Gasteiger partial charge in [0.1, 0.15) is 0 Å². The Labute approximate surface area is 119 Å². The molecule has 1 heterocycles. The number of hydrogen-bond donors (Lipinski definition) is 1. The van der Waals surface area contributed by atoms with Crippen LogP contribution in [-0.2, 0) is 0 Å². The van der Waals surface area contributed by atoms with E-state index < -0.39 is 0 Å². The maximum absolute atomic E-state index is 10.8. The molecular weight excluding hydrogens is 254 g/mol. The number of non-ortho nitro benzene ring substituents is 1. The molecule has 0 amide bonds. The highest BCUT2D eigenvalue weighted by molar-refractivity contribution is 5.34. The Balaban J connectivity index is 1.82. The van der Waals surface area contributed by atoms with Gasteiger partial charge < -0.3 is 5.32 Å². The molecule has 2 aliphatic rings. The van der Waals surface area contributed by atoms with Crippen molar-refractivity contribution in [3.05, 3.63) is 39.9 Å². The van der Waals surface area contributed by atoms with Gasteiger partial charge in [0.05, 0.1) is 4.92 Å². The van der Waals surface area contributed by atoms with Gasteiger partial charge in [-0.05, 0) is 24.3 Å². The van der Waals surface area contributed by atoms with Gasteiger partial charge >= 0.3 is 0 Å². The highest BCUT2D eigenvalue weighted by Crippen LogP contribution is 2.41. The van der Waals surface area contributed by atoms with E-state index in [0.29, 0.717) is 6.04 Å². The van der Waals surface area contributed by atoms with Gasteiger partial charge in [-0.15, -0.1) is 0 Å². The number of nitrogens with zero attached hydrogens (tertiary/aromatic N) is 2. The van der Waals surface area contributed by atoms with Crippen molar-refractivity contribution in [2.75, 3.05) is 26.2 Å². The van der Waals surface area contributed by atoms with E-state index in [4.69, 9.17) is 0 Å². The lowest BCUT2D eigenvalue weighted by molar-refractivity contribution is -0.384. The molecule has 0 spiro atoms. The average Bonchev–Trinajstić information content (AvgIpc) is 2.44. The molecule has 0 aromatic heterocycles. The van der Waals surface area contributed by atoms with Crippen molar-refractivity contribution < 1.29 is 4.92 Å². The molecule has 5 nitrogen and oxygen atoms in total. The number of rotatable bonds is 4. The lowest BCUT2D eigenvalue weighted by Crippen LogP contribution is -2.47. The van der Waals surface area contributed by atoms with Crippen molar-refractivity contribution >= 4 is 5.69 Å². The summed E-state index contributed by atoms with van der Waals surface area (Å²) in [5, 5.41) is 14.2. The Morgan fingerprint density at radius 1 is 1.20 bits per heavy atom. The van der Waals surface area contributed by atoms with Crippen LogP contribution in [0, 0.1) is 16.0 Å². The van der Waals surface area contributed by atoms with Crippen molar-refractivity contribution in [3.8, 4) is 0 Å². The molecule has 0 bridgehead atoms. The van der Waals surface area contributed by atoms with Crippen LogP contribution < -0.4 is 5.32 Å². The number of nitro benzene ring substituents is 1. The minimum Gasteiger partial charge on any atom is -0.314 e. The molecule has 5 heteroatoms. The van der Waals surface area contributed by atoms with Crippen LogP contribution in [0.3, 0.4) is 0 Å². The maximum atomic E-state index is 10.8. The Hall–Kier alpha value is -1.46. The lowest BCUT2D eigenvalue weighted by atomic mass is 9.76. The van der Waals surface area contributed by atoms with Crippen LogP contribution in [0.5, 0.6) is 0 Å². The van der Waals surface area contributed by atoms with Gasteiger partial charge in [0, 0.05) is 44.4 Å². The second kappa shape index (κ2) is 5.89. The van der Waals surface area contributed by atoms with E-state index in [0.717, 1.165) is 32.1 Å². The van der Waals surface area contributed by atoms with Gasteiger partial charge in [-0.2, -0.15) is 0 Å². The topological polar surface area (TPSA) is 58.4 Å². The van der Waals surface area contributed by atoms with Gasteiger partial charge in [0.15, 0.2) is 0 Å². The fraction of sp³-hybridized carbons (Fsp3) is 0.600. The number of nitrogens with one attached hydrogen (secondary N) is 1. The molecule has 1 aliphatic carbocycles. The van der Waals surface area contributed by atoms with Crippen LogP contribution in [0.25, 0.3) is 0 Å². The number of hydrogen-bond acceptors (Lipinski definition) is 4. The van der Waals surface area contributed by atoms with Crippen molar-refractivity contribution in [1.29, 1.82) is 0 Å². The largest absolute Gasteiger partial charge is 0.314 e. The molecule has 1 aliphatic heterocycles. The third-order valence-corrected chi connectivity index (χ3v) is 4.59. The average molecular weight is 275 g/mol. The second-order valence-corrected chi connectivity index (χ2v) is 5.77. The van der Waals surface area contributed by atoms with E-state index in [1.165, 1.54) is 24.8 Å². The molecule has 108 valence electrons. The van der Waals surface area contributed by atoms with Gasteiger partial charge in [-0.25, -0.2) is 0 Å². The fourth-order valence-corrected chi connectivity index (χ4v) is 3.29. The van der Waals surface area contributed by atoms with Gasteiger partial charge in [-0.1, -0.05) is 18.6 Å². The molecule has 0 unspecified atom stereocenters. The predicted molar refractivity (Wildman–Crippen MR) is 77.6 cm³/mol. The Bertz CT molecular complexity index is 465. The summed E-state index contributed by atoms with van der Waals surface area (Å²) >= 11 is 0. The summed E-state index contributed by atoms with van der Waals surface area (Å²) in [6.45, 7) is 4.21. The van der Waals surface area contributed by atoms with Crippen LogP contribution in [0.4, 0.5) is 5.69 Å². The quantitative estimate of drug-likeness (QED) is 0.677. The fourth-order valence-electron chi connectivity index (χ4n) is 3.29. The zero-order valence-corrected chi connectivity index (χ0v) is 11.6.